The normalized spacial score (nSPS) is 38.9. The predicted molar refractivity (Wildman–Crippen MR) is 144 cm³/mol. The van der Waals surface area contributed by atoms with Gasteiger partial charge in [-0.3, -0.25) is 4.98 Å². The van der Waals surface area contributed by atoms with Gasteiger partial charge in [0, 0.05) is 37.5 Å². The molecule has 36 heavy (non-hydrogen) atoms. The fraction of sp³-hybridized carbons (Fsp3) is 0.594. The van der Waals surface area contributed by atoms with Crippen LogP contribution >= 0.6 is 0 Å². The summed E-state index contributed by atoms with van der Waals surface area (Å²) in [7, 11) is 4.07. The molecule has 4 nitrogen and oxygen atoms in total. The predicted octanol–water partition coefficient (Wildman–Crippen LogP) is 6.42. The van der Waals surface area contributed by atoms with E-state index in [1.807, 2.05) is 12.4 Å². The lowest BCUT2D eigenvalue weighted by atomic mass is 9.58. The fourth-order valence-corrected chi connectivity index (χ4v) is 9.04. The number of allylic oxidation sites excluding steroid dienone is 1. The van der Waals surface area contributed by atoms with Gasteiger partial charge in [-0.05, 0) is 110 Å². The molecule has 1 aromatic carbocycles. The van der Waals surface area contributed by atoms with Crippen LogP contribution in [0.1, 0.15) is 69.8 Å². The second-order valence-corrected chi connectivity index (χ2v) is 12.6. The summed E-state index contributed by atoms with van der Waals surface area (Å²) in [5.41, 5.74) is 4.69. The van der Waals surface area contributed by atoms with E-state index in [9.17, 15) is 0 Å². The highest BCUT2D eigenvalue weighted by Gasteiger charge is 2.66. The second kappa shape index (κ2) is 8.24. The molecule has 1 saturated heterocycles. The lowest BCUT2D eigenvalue weighted by Crippen LogP contribution is -2.55. The van der Waals surface area contributed by atoms with Crippen LogP contribution in [-0.2, 0) is 9.47 Å². The molecule has 2 aromatic rings. The number of nitrogens with zero attached hydrogens (tertiary/aromatic N) is 2. The Bertz CT molecular complexity index is 1250. The zero-order valence-electron chi connectivity index (χ0n) is 22.1. The van der Waals surface area contributed by atoms with Crippen molar-refractivity contribution in [3.05, 3.63) is 65.5 Å². The molecule has 1 unspecified atom stereocenters. The van der Waals surface area contributed by atoms with Gasteiger partial charge in [-0.15, -0.1) is 0 Å². The summed E-state index contributed by atoms with van der Waals surface area (Å²) in [6.07, 6.45) is 18.7. The molecule has 3 heterocycles. The third-order valence-electron chi connectivity index (χ3n) is 11.0. The van der Waals surface area contributed by atoms with E-state index in [1.165, 1.54) is 60.4 Å². The Labute approximate surface area is 215 Å². The Morgan fingerprint density at radius 2 is 2.06 bits per heavy atom. The average Bonchev–Trinajstić information content (AvgIpc) is 3.41. The third kappa shape index (κ3) is 3.20. The molecular weight excluding hydrogens is 444 g/mol. The van der Waals surface area contributed by atoms with Crippen molar-refractivity contribution in [2.45, 2.75) is 81.5 Å². The molecule has 2 spiro atoms. The minimum atomic E-state index is -0.0867. The Morgan fingerprint density at radius 3 is 2.94 bits per heavy atom. The highest BCUT2D eigenvalue weighted by Crippen LogP contribution is 2.69. The summed E-state index contributed by atoms with van der Waals surface area (Å²) < 4.78 is 12.9. The Kier molecular flexibility index (Phi) is 5.30. The van der Waals surface area contributed by atoms with Crippen LogP contribution in [0, 0.1) is 11.3 Å². The molecule has 0 radical (unpaired) electrons. The van der Waals surface area contributed by atoms with Crippen LogP contribution in [0.3, 0.4) is 0 Å². The quantitative estimate of drug-likeness (QED) is 0.490. The summed E-state index contributed by atoms with van der Waals surface area (Å²) in [6.45, 7) is 4.36. The average molecular weight is 485 g/mol. The minimum Gasteiger partial charge on any atom is -0.383 e. The molecule has 5 aliphatic rings. The van der Waals surface area contributed by atoms with Gasteiger partial charge >= 0.3 is 0 Å². The number of hydrogen-bond acceptors (Lipinski definition) is 4. The van der Waals surface area contributed by atoms with Crippen molar-refractivity contribution in [3.8, 4) is 0 Å². The highest BCUT2D eigenvalue weighted by atomic mass is 16.5. The van der Waals surface area contributed by atoms with E-state index < -0.39 is 0 Å². The molecule has 0 N–H and O–H groups in total. The molecule has 2 bridgehead atoms. The van der Waals surface area contributed by atoms with E-state index in [2.05, 4.69) is 60.3 Å². The van der Waals surface area contributed by atoms with Gasteiger partial charge in [0.05, 0.1) is 17.8 Å². The first kappa shape index (κ1) is 23.1. The number of pyridine rings is 1. The number of benzene rings is 1. The lowest BCUT2D eigenvalue weighted by Gasteiger charge is -2.55. The molecule has 190 valence electrons. The Balaban J connectivity index is 1.21. The van der Waals surface area contributed by atoms with E-state index in [0.717, 1.165) is 26.0 Å². The van der Waals surface area contributed by atoms with Gasteiger partial charge in [0.2, 0.25) is 0 Å². The Hall–Kier alpha value is -2.01. The van der Waals surface area contributed by atoms with Crippen molar-refractivity contribution in [2.24, 2.45) is 11.3 Å². The molecule has 3 aliphatic carbocycles. The number of ether oxygens (including phenoxy) is 2. The van der Waals surface area contributed by atoms with Crippen LogP contribution in [-0.4, -0.2) is 54.4 Å². The zero-order valence-corrected chi connectivity index (χ0v) is 22.1. The van der Waals surface area contributed by atoms with Crippen molar-refractivity contribution >= 4 is 10.8 Å². The Morgan fingerprint density at radius 1 is 1.14 bits per heavy atom. The van der Waals surface area contributed by atoms with Crippen LogP contribution in [0.25, 0.3) is 10.8 Å². The van der Waals surface area contributed by atoms with E-state index in [0.29, 0.717) is 17.9 Å². The molecule has 1 aromatic heterocycles. The van der Waals surface area contributed by atoms with E-state index >= 15 is 0 Å². The summed E-state index contributed by atoms with van der Waals surface area (Å²) in [5.74, 6) is 1.16. The maximum atomic E-state index is 7.49. The first-order valence-corrected chi connectivity index (χ1v) is 14.1. The topological polar surface area (TPSA) is 34.6 Å². The van der Waals surface area contributed by atoms with Crippen molar-refractivity contribution in [1.29, 1.82) is 0 Å². The SMILES string of the molecule is COCCN(C)[C@H]1CCC2=CC3=CC[C@]4(C)C(c5ccc6ccncc6c5)CC[C@H]4[C@@]34CC[C@]2(C1)O4. The molecule has 2 saturated carbocycles. The molecule has 4 heteroatoms. The van der Waals surface area contributed by atoms with E-state index in [1.54, 1.807) is 12.7 Å². The van der Waals surface area contributed by atoms with Crippen LogP contribution in [0.15, 0.2) is 60.0 Å². The zero-order chi connectivity index (χ0) is 24.5. The van der Waals surface area contributed by atoms with Crippen LogP contribution in [0.4, 0.5) is 0 Å². The number of aromatic nitrogens is 1. The molecule has 3 fully saturated rings. The van der Waals surface area contributed by atoms with E-state index in [-0.39, 0.29) is 16.6 Å². The van der Waals surface area contributed by atoms with Crippen molar-refractivity contribution < 1.29 is 9.47 Å². The van der Waals surface area contributed by atoms with Crippen LogP contribution in [0.5, 0.6) is 0 Å². The summed E-state index contributed by atoms with van der Waals surface area (Å²) in [6, 6.07) is 9.79. The molecule has 6 atom stereocenters. The lowest BCUT2D eigenvalue weighted by molar-refractivity contribution is -0.140. The van der Waals surface area contributed by atoms with Gasteiger partial charge < -0.3 is 14.4 Å². The van der Waals surface area contributed by atoms with Gasteiger partial charge in [0.15, 0.2) is 0 Å². The number of likely N-dealkylation sites (N-methyl/N-ethyl adjacent to an activating group) is 1. The molecular formula is C32H40N2O2. The van der Waals surface area contributed by atoms with Gasteiger partial charge in [-0.25, -0.2) is 0 Å². The maximum Gasteiger partial charge on any atom is 0.0974 e. The summed E-state index contributed by atoms with van der Waals surface area (Å²) in [4.78, 5) is 6.90. The first-order chi connectivity index (χ1) is 17.5. The van der Waals surface area contributed by atoms with Gasteiger partial charge in [-0.2, -0.15) is 0 Å². The van der Waals surface area contributed by atoms with Crippen molar-refractivity contribution in [1.82, 2.24) is 9.88 Å². The van der Waals surface area contributed by atoms with E-state index in [4.69, 9.17) is 9.47 Å². The number of fused-ring (bicyclic) bond motifs is 2. The maximum absolute atomic E-state index is 7.49. The standard InChI is InChI=1S/C32H40N2O2/c1-30-12-10-26-19-25-6-7-27(34(2)16-17-35-3)20-31(25)13-14-32(26,36-31)29(30)9-8-28(30)23-5-4-22-11-15-33-21-24(22)18-23/h4-5,10-11,15,18-19,21,27-29H,6-9,12-14,16-17,20H2,1-3H3/t27-,28?,29+,30+,31+,32+/m0/s1. The first-order valence-electron chi connectivity index (χ1n) is 14.1. The largest absolute Gasteiger partial charge is 0.383 e. The van der Waals surface area contributed by atoms with Crippen molar-refractivity contribution in [3.63, 3.8) is 0 Å². The van der Waals surface area contributed by atoms with Crippen molar-refractivity contribution in [2.75, 3.05) is 27.3 Å². The highest BCUT2D eigenvalue weighted by molar-refractivity contribution is 5.82. The van der Waals surface area contributed by atoms with Gasteiger partial charge in [0.25, 0.3) is 0 Å². The second-order valence-electron chi connectivity index (χ2n) is 12.6. The van der Waals surface area contributed by atoms with Gasteiger partial charge in [-0.1, -0.05) is 31.2 Å². The number of rotatable bonds is 5. The molecule has 0 amide bonds. The molecule has 7 rings (SSSR count). The van der Waals surface area contributed by atoms with Crippen LogP contribution in [0.2, 0.25) is 0 Å². The smallest absolute Gasteiger partial charge is 0.0974 e. The number of hydrogen-bond donors (Lipinski definition) is 0. The minimum absolute atomic E-state index is 0.0491. The third-order valence-corrected chi connectivity index (χ3v) is 11.0. The summed E-state index contributed by atoms with van der Waals surface area (Å²) in [5, 5.41) is 2.55. The summed E-state index contributed by atoms with van der Waals surface area (Å²) >= 11 is 0. The monoisotopic (exact) mass is 484 g/mol. The number of methoxy groups -OCH3 is 1. The van der Waals surface area contributed by atoms with Crippen LogP contribution < -0.4 is 0 Å². The fourth-order valence-electron chi connectivity index (χ4n) is 9.04. The molecule has 2 aliphatic heterocycles. The van der Waals surface area contributed by atoms with Gasteiger partial charge in [0.1, 0.15) is 0 Å².